The smallest absolute Gasteiger partial charge is 0.262 e. The Hall–Kier alpha value is -1.79. The number of fused-ring (bicyclic) bond motifs is 1. The van der Waals surface area contributed by atoms with Crippen LogP contribution in [0, 0.1) is 0 Å². The van der Waals surface area contributed by atoms with E-state index in [9.17, 15) is 4.79 Å². The van der Waals surface area contributed by atoms with E-state index in [-0.39, 0.29) is 12.4 Å². The van der Waals surface area contributed by atoms with E-state index in [1.165, 1.54) is 11.5 Å². The molecule has 1 atom stereocenters. The highest BCUT2D eigenvalue weighted by atomic mass is 32.1. The number of ether oxygens (including phenoxy) is 2. The van der Waals surface area contributed by atoms with E-state index in [1.54, 1.807) is 0 Å². The van der Waals surface area contributed by atoms with Crippen molar-refractivity contribution in [2.45, 2.75) is 12.3 Å². The van der Waals surface area contributed by atoms with Gasteiger partial charge in [-0.3, -0.25) is 9.17 Å². The Kier molecular flexibility index (Phi) is 2.78. The second-order valence-electron chi connectivity index (χ2n) is 5.03. The van der Waals surface area contributed by atoms with Crippen LogP contribution in [0.15, 0.2) is 23.0 Å². The van der Waals surface area contributed by atoms with Crippen molar-refractivity contribution in [2.24, 2.45) is 0 Å². The van der Waals surface area contributed by atoms with Gasteiger partial charge in [0.15, 0.2) is 11.5 Å². The molecule has 6 heteroatoms. The van der Waals surface area contributed by atoms with E-state index in [1.807, 2.05) is 18.2 Å². The first-order chi connectivity index (χ1) is 9.83. The van der Waals surface area contributed by atoms with Gasteiger partial charge in [-0.05, 0) is 36.7 Å². The van der Waals surface area contributed by atoms with E-state index < -0.39 is 0 Å². The number of H-pyrrole nitrogens is 1. The molecule has 0 radical (unpaired) electrons. The minimum absolute atomic E-state index is 0.0383. The summed E-state index contributed by atoms with van der Waals surface area (Å²) in [6.45, 7) is 2.11. The Balaban J connectivity index is 1.80. The van der Waals surface area contributed by atoms with Crippen LogP contribution in [0.4, 0.5) is 0 Å². The predicted octanol–water partition coefficient (Wildman–Crippen LogP) is 1.91. The average Bonchev–Trinajstić information content (AvgIpc) is 3.17. The van der Waals surface area contributed by atoms with Crippen LogP contribution in [-0.4, -0.2) is 24.3 Å². The quantitative estimate of drug-likeness (QED) is 0.887. The summed E-state index contributed by atoms with van der Waals surface area (Å²) < 4.78 is 13.6. The second kappa shape index (κ2) is 4.64. The molecule has 1 fully saturated rings. The summed E-state index contributed by atoms with van der Waals surface area (Å²) in [5, 5.41) is 3.32. The van der Waals surface area contributed by atoms with Crippen molar-refractivity contribution >= 4 is 11.5 Å². The predicted molar refractivity (Wildman–Crippen MR) is 76.7 cm³/mol. The third-order valence-corrected chi connectivity index (χ3v) is 4.79. The molecule has 20 heavy (non-hydrogen) atoms. The van der Waals surface area contributed by atoms with Crippen molar-refractivity contribution in [1.82, 2.24) is 9.69 Å². The largest absolute Gasteiger partial charge is 0.454 e. The summed E-state index contributed by atoms with van der Waals surface area (Å²) in [6.07, 6.45) is 1.01. The molecule has 2 aliphatic rings. The van der Waals surface area contributed by atoms with Crippen LogP contribution in [0.3, 0.4) is 0 Å². The molecule has 3 heterocycles. The lowest BCUT2D eigenvalue weighted by Gasteiger charge is -2.08. The van der Waals surface area contributed by atoms with Crippen LogP contribution in [0.2, 0.25) is 0 Å². The summed E-state index contributed by atoms with van der Waals surface area (Å²) >= 11 is 1.40. The normalized spacial score (nSPS) is 20.5. The zero-order valence-corrected chi connectivity index (χ0v) is 11.6. The molecular weight excluding hydrogens is 276 g/mol. The maximum absolute atomic E-state index is 12.1. The maximum Gasteiger partial charge on any atom is 0.262 e. The molecule has 0 amide bonds. The van der Waals surface area contributed by atoms with Crippen molar-refractivity contribution in [2.75, 3.05) is 19.9 Å². The Labute approximate surface area is 119 Å². The van der Waals surface area contributed by atoms with E-state index >= 15 is 0 Å². The van der Waals surface area contributed by atoms with E-state index in [0.717, 1.165) is 47.0 Å². The number of benzene rings is 1. The number of aromatic nitrogens is 1. The Morgan fingerprint density at radius 2 is 2.15 bits per heavy atom. The molecule has 1 saturated heterocycles. The molecule has 1 aromatic heterocycles. The van der Waals surface area contributed by atoms with Gasteiger partial charge in [0.1, 0.15) is 0 Å². The lowest BCUT2D eigenvalue weighted by atomic mass is 9.97. The molecule has 0 bridgehead atoms. The highest BCUT2D eigenvalue weighted by molar-refractivity contribution is 7.09. The van der Waals surface area contributed by atoms with E-state index in [2.05, 4.69) is 9.69 Å². The van der Waals surface area contributed by atoms with Gasteiger partial charge in [0.05, 0.1) is 4.88 Å². The van der Waals surface area contributed by atoms with Gasteiger partial charge in [-0.25, -0.2) is 0 Å². The highest BCUT2D eigenvalue weighted by Crippen LogP contribution is 2.39. The van der Waals surface area contributed by atoms with Gasteiger partial charge in [0, 0.05) is 18.0 Å². The van der Waals surface area contributed by atoms with Gasteiger partial charge in [0.2, 0.25) is 6.79 Å². The third-order valence-electron chi connectivity index (χ3n) is 3.84. The zero-order chi connectivity index (χ0) is 13.5. The van der Waals surface area contributed by atoms with Crippen LogP contribution in [0.5, 0.6) is 11.5 Å². The molecule has 4 rings (SSSR count). The minimum Gasteiger partial charge on any atom is -0.454 e. The van der Waals surface area contributed by atoms with Gasteiger partial charge < -0.3 is 14.8 Å². The second-order valence-corrected chi connectivity index (χ2v) is 5.85. The summed E-state index contributed by atoms with van der Waals surface area (Å²) in [5.74, 6) is 1.81. The number of hydrogen-bond donors (Lipinski definition) is 2. The Morgan fingerprint density at radius 3 is 3.00 bits per heavy atom. The molecule has 1 aromatic carbocycles. The first-order valence-corrected chi connectivity index (χ1v) is 7.46. The maximum atomic E-state index is 12.1. The summed E-state index contributed by atoms with van der Waals surface area (Å²) in [6, 6.07) is 5.84. The Morgan fingerprint density at radius 1 is 1.25 bits per heavy atom. The van der Waals surface area contributed by atoms with Crippen molar-refractivity contribution in [3.63, 3.8) is 0 Å². The van der Waals surface area contributed by atoms with Crippen molar-refractivity contribution in [1.29, 1.82) is 0 Å². The number of aromatic amines is 1. The molecule has 2 aliphatic heterocycles. The first-order valence-electron chi connectivity index (χ1n) is 6.65. The molecular formula is C14H14N2O3S. The lowest BCUT2D eigenvalue weighted by Crippen LogP contribution is -2.14. The fourth-order valence-electron chi connectivity index (χ4n) is 2.83. The highest BCUT2D eigenvalue weighted by Gasteiger charge is 2.25. The lowest BCUT2D eigenvalue weighted by molar-refractivity contribution is 0.174. The monoisotopic (exact) mass is 290 g/mol. The zero-order valence-electron chi connectivity index (χ0n) is 10.8. The molecule has 2 aromatic rings. The van der Waals surface area contributed by atoms with Crippen molar-refractivity contribution in [3.05, 3.63) is 34.1 Å². The summed E-state index contributed by atoms with van der Waals surface area (Å²) in [5.41, 5.74) is 1.95. The molecule has 2 N–H and O–H groups in total. The summed E-state index contributed by atoms with van der Waals surface area (Å²) in [7, 11) is 0. The fraction of sp³-hybridized carbons (Fsp3) is 0.357. The fourth-order valence-corrected chi connectivity index (χ4v) is 3.75. The molecule has 1 unspecified atom stereocenters. The average molecular weight is 290 g/mol. The first kappa shape index (κ1) is 12.0. The SMILES string of the molecule is O=c1[nH]sc(-c2ccc3c(c2)OCO3)c1C1CCNC1. The van der Waals surface area contributed by atoms with E-state index in [4.69, 9.17) is 9.47 Å². The van der Waals surface area contributed by atoms with Gasteiger partial charge in [0.25, 0.3) is 5.56 Å². The van der Waals surface area contributed by atoms with Crippen LogP contribution in [0.1, 0.15) is 17.9 Å². The number of nitrogens with one attached hydrogen (secondary N) is 2. The van der Waals surface area contributed by atoms with Crippen molar-refractivity contribution < 1.29 is 9.47 Å². The minimum atomic E-state index is 0.0383. The summed E-state index contributed by atoms with van der Waals surface area (Å²) in [4.78, 5) is 13.1. The van der Waals surface area contributed by atoms with Gasteiger partial charge in [-0.2, -0.15) is 0 Å². The molecule has 0 spiro atoms. The van der Waals surface area contributed by atoms with E-state index in [0.29, 0.717) is 5.92 Å². The van der Waals surface area contributed by atoms with Crippen LogP contribution < -0.4 is 20.3 Å². The standard InChI is InChI=1S/C14H14N2O3S/c17-14-12(9-3-4-15-6-9)13(20-16-14)8-1-2-10-11(5-8)19-7-18-10/h1-2,5,9,15H,3-4,6-7H2,(H,16,17). The number of hydrogen-bond acceptors (Lipinski definition) is 5. The van der Waals surface area contributed by atoms with Crippen molar-refractivity contribution in [3.8, 4) is 21.9 Å². The van der Waals surface area contributed by atoms with Crippen LogP contribution in [0.25, 0.3) is 10.4 Å². The van der Waals surface area contributed by atoms with Gasteiger partial charge >= 0.3 is 0 Å². The topological polar surface area (TPSA) is 63.4 Å². The van der Waals surface area contributed by atoms with Gasteiger partial charge in [-0.1, -0.05) is 11.5 Å². The van der Waals surface area contributed by atoms with Crippen LogP contribution >= 0.6 is 11.5 Å². The number of rotatable bonds is 2. The molecule has 104 valence electrons. The van der Waals surface area contributed by atoms with Crippen LogP contribution in [-0.2, 0) is 0 Å². The molecule has 5 nitrogen and oxygen atoms in total. The molecule has 0 saturated carbocycles. The molecule has 0 aliphatic carbocycles. The third kappa shape index (κ3) is 1.83. The van der Waals surface area contributed by atoms with Gasteiger partial charge in [-0.15, -0.1) is 0 Å². The Bertz CT molecular complexity index is 701.